The van der Waals surface area contributed by atoms with E-state index in [-0.39, 0.29) is 6.61 Å². The molecule has 2 rings (SSSR count). The van der Waals surface area contributed by atoms with Crippen LogP contribution in [0.25, 0.3) is 0 Å². The first-order chi connectivity index (χ1) is 11.7. The number of thiophene rings is 1. The van der Waals surface area contributed by atoms with Crippen molar-refractivity contribution in [1.82, 2.24) is 10.6 Å². The highest BCUT2D eigenvalue weighted by atomic mass is 32.1. The third-order valence-electron chi connectivity index (χ3n) is 3.05. The summed E-state index contributed by atoms with van der Waals surface area (Å²) in [5, 5.41) is 8.58. The van der Waals surface area contributed by atoms with E-state index in [2.05, 4.69) is 27.1 Å². The van der Waals surface area contributed by atoms with Crippen LogP contribution < -0.4 is 21.1 Å². The molecular formula is C17H22N4O2S. The second kappa shape index (κ2) is 9.57. The quantitative estimate of drug-likeness (QED) is 0.503. The Morgan fingerprint density at radius 3 is 2.88 bits per heavy atom. The topological polar surface area (TPSA) is 88.7 Å². The Labute approximate surface area is 145 Å². The molecule has 1 amide bonds. The Hall–Kier alpha value is -2.54. The summed E-state index contributed by atoms with van der Waals surface area (Å²) in [7, 11) is 0. The van der Waals surface area contributed by atoms with Crippen molar-refractivity contribution in [2.45, 2.75) is 20.0 Å². The van der Waals surface area contributed by atoms with E-state index in [1.807, 2.05) is 31.2 Å². The van der Waals surface area contributed by atoms with Gasteiger partial charge in [0.2, 0.25) is 0 Å². The van der Waals surface area contributed by atoms with Crippen molar-refractivity contribution in [3.05, 3.63) is 52.2 Å². The molecule has 0 atom stereocenters. The molecule has 0 saturated heterocycles. The summed E-state index contributed by atoms with van der Waals surface area (Å²) in [6.45, 7) is 3.94. The van der Waals surface area contributed by atoms with Crippen LogP contribution in [0.5, 0.6) is 5.75 Å². The Bertz CT molecular complexity index is 671. The molecule has 0 fully saturated rings. The van der Waals surface area contributed by atoms with Gasteiger partial charge in [0.1, 0.15) is 5.75 Å². The lowest BCUT2D eigenvalue weighted by atomic mass is 10.2. The molecule has 0 aliphatic carbocycles. The monoisotopic (exact) mass is 346 g/mol. The fraction of sp³-hybridized carbons (Fsp3) is 0.294. The maximum absolute atomic E-state index is 10.8. The molecule has 0 saturated carbocycles. The maximum atomic E-state index is 10.8. The molecule has 6 nitrogen and oxygen atoms in total. The number of guanidine groups is 1. The van der Waals surface area contributed by atoms with Gasteiger partial charge in [-0.1, -0.05) is 18.2 Å². The third kappa shape index (κ3) is 6.29. The second-order valence-corrected chi connectivity index (χ2v) is 6.06. The van der Waals surface area contributed by atoms with Crippen molar-refractivity contribution in [3.8, 4) is 5.75 Å². The maximum Gasteiger partial charge on any atom is 0.255 e. The number of amides is 1. The highest BCUT2D eigenvalue weighted by Gasteiger charge is 2.01. The van der Waals surface area contributed by atoms with E-state index in [1.54, 1.807) is 17.4 Å². The Balaban J connectivity index is 1.94. The van der Waals surface area contributed by atoms with Gasteiger partial charge >= 0.3 is 0 Å². The summed E-state index contributed by atoms with van der Waals surface area (Å²) < 4.78 is 5.31. The molecule has 4 N–H and O–H groups in total. The second-order valence-electron chi connectivity index (χ2n) is 5.03. The summed E-state index contributed by atoms with van der Waals surface area (Å²) in [6.07, 6.45) is 0. The number of nitrogens with zero attached hydrogens (tertiary/aromatic N) is 1. The first-order valence-corrected chi connectivity index (χ1v) is 8.60. The van der Waals surface area contributed by atoms with E-state index in [0.29, 0.717) is 12.3 Å². The molecule has 2 aromatic rings. The van der Waals surface area contributed by atoms with E-state index in [0.717, 1.165) is 24.6 Å². The number of carbonyl (C=O) groups excluding carboxylic acids is 1. The van der Waals surface area contributed by atoms with E-state index in [9.17, 15) is 4.79 Å². The molecule has 1 heterocycles. The number of primary amides is 1. The van der Waals surface area contributed by atoms with Crippen LogP contribution >= 0.6 is 11.3 Å². The Kier molecular flexibility index (Phi) is 7.10. The molecule has 0 radical (unpaired) electrons. The SMILES string of the molecule is CCNC(=NCc1cccc(OCC(N)=O)c1)NCc1cccs1. The minimum Gasteiger partial charge on any atom is -0.484 e. The number of nitrogens with two attached hydrogens (primary N) is 1. The number of hydrogen-bond acceptors (Lipinski definition) is 4. The Morgan fingerprint density at radius 2 is 2.17 bits per heavy atom. The number of benzene rings is 1. The average molecular weight is 346 g/mol. The molecule has 7 heteroatoms. The van der Waals surface area contributed by atoms with E-state index >= 15 is 0 Å². The predicted molar refractivity (Wildman–Crippen MR) is 97.1 cm³/mol. The van der Waals surface area contributed by atoms with Gasteiger partial charge in [0.25, 0.3) is 5.91 Å². The summed E-state index contributed by atoms with van der Waals surface area (Å²) >= 11 is 1.71. The van der Waals surface area contributed by atoms with E-state index < -0.39 is 5.91 Å². The van der Waals surface area contributed by atoms with Gasteiger partial charge in [-0.15, -0.1) is 11.3 Å². The van der Waals surface area contributed by atoms with E-state index in [4.69, 9.17) is 10.5 Å². The number of hydrogen-bond donors (Lipinski definition) is 3. The molecular weight excluding hydrogens is 324 g/mol. The molecule has 0 bridgehead atoms. The summed E-state index contributed by atoms with van der Waals surface area (Å²) in [4.78, 5) is 16.6. The first kappa shape index (κ1) is 17.8. The predicted octanol–water partition coefficient (Wildman–Crippen LogP) is 1.87. The molecule has 1 aromatic carbocycles. The molecule has 0 aliphatic rings. The highest BCUT2D eigenvalue weighted by molar-refractivity contribution is 7.09. The normalized spacial score (nSPS) is 11.1. The minimum absolute atomic E-state index is 0.127. The van der Waals surface area contributed by atoms with Crippen molar-refractivity contribution in [2.24, 2.45) is 10.7 Å². The lowest BCUT2D eigenvalue weighted by molar-refractivity contribution is -0.119. The number of ether oxygens (including phenoxy) is 1. The lowest BCUT2D eigenvalue weighted by Gasteiger charge is -2.11. The van der Waals surface area contributed by atoms with Gasteiger partial charge in [-0.3, -0.25) is 4.79 Å². The van der Waals surface area contributed by atoms with Crippen molar-refractivity contribution in [1.29, 1.82) is 0 Å². The number of nitrogens with one attached hydrogen (secondary N) is 2. The van der Waals surface area contributed by atoms with Crippen LogP contribution in [0.3, 0.4) is 0 Å². The van der Waals surface area contributed by atoms with Gasteiger partial charge in [-0.2, -0.15) is 0 Å². The van der Waals surface area contributed by atoms with Crippen LogP contribution in [0.4, 0.5) is 0 Å². The fourth-order valence-electron chi connectivity index (χ4n) is 1.98. The lowest BCUT2D eigenvalue weighted by Crippen LogP contribution is -2.36. The van der Waals surface area contributed by atoms with Gasteiger partial charge in [-0.05, 0) is 36.1 Å². The van der Waals surface area contributed by atoms with Crippen molar-refractivity contribution >= 4 is 23.2 Å². The van der Waals surface area contributed by atoms with Gasteiger partial charge in [0.15, 0.2) is 12.6 Å². The zero-order valence-electron chi connectivity index (χ0n) is 13.6. The first-order valence-electron chi connectivity index (χ1n) is 7.72. The molecule has 0 unspecified atom stereocenters. The largest absolute Gasteiger partial charge is 0.484 e. The molecule has 0 aliphatic heterocycles. The highest BCUT2D eigenvalue weighted by Crippen LogP contribution is 2.14. The molecule has 24 heavy (non-hydrogen) atoms. The van der Waals surface area contributed by atoms with Gasteiger partial charge < -0.3 is 21.1 Å². The summed E-state index contributed by atoms with van der Waals surface area (Å²) in [6, 6.07) is 11.6. The van der Waals surface area contributed by atoms with Gasteiger partial charge in [0.05, 0.1) is 13.1 Å². The smallest absolute Gasteiger partial charge is 0.255 e. The van der Waals surface area contributed by atoms with Gasteiger partial charge in [0, 0.05) is 11.4 Å². The van der Waals surface area contributed by atoms with Crippen LogP contribution in [-0.2, 0) is 17.9 Å². The summed E-state index contributed by atoms with van der Waals surface area (Å²) in [5.74, 6) is 0.873. The zero-order valence-corrected chi connectivity index (χ0v) is 14.4. The Morgan fingerprint density at radius 1 is 1.29 bits per heavy atom. The van der Waals surface area contributed by atoms with Crippen molar-refractivity contribution in [3.63, 3.8) is 0 Å². The van der Waals surface area contributed by atoms with Crippen molar-refractivity contribution < 1.29 is 9.53 Å². The molecule has 1 aromatic heterocycles. The number of carbonyl (C=O) groups is 1. The fourth-order valence-corrected chi connectivity index (χ4v) is 2.63. The zero-order chi connectivity index (χ0) is 17.2. The third-order valence-corrected chi connectivity index (χ3v) is 3.93. The standard InChI is InChI=1S/C17H22N4O2S/c1-2-19-17(21-11-15-7-4-8-24-15)20-10-13-5-3-6-14(9-13)23-12-16(18)22/h3-9H,2,10-12H2,1H3,(H2,18,22)(H2,19,20,21). The molecule has 128 valence electrons. The van der Waals surface area contributed by atoms with Gasteiger partial charge in [-0.25, -0.2) is 4.99 Å². The summed E-state index contributed by atoms with van der Waals surface area (Å²) in [5.41, 5.74) is 6.07. The number of aliphatic imine (C=N–C) groups is 1. The van der Waals surface area contributed by atoms with Crippen LogP contribution in [0, 0.1) is 0 Å². The molecule has 0 spiro atoms. The van der Waals surface area contributed by atoms with Crippen LogP contribution in [0.2, 0.25) is 0 Å². The van der Waals surface area contributed by atoms with Crippen LogP contribution in [-0.4, -0.2) is 25.0 Å². The van der Waals surface area contributed by atoms with Crippen LogP contribution in [0.15, 0.2) is 46.8 Å². The van der Waals surface area contributed by atoms with Crippen molar-refractivity contribution in [2.75, 3.05) is 13.2 Å². The minimum atomic E-state index is -0.495. The number of rotatable bonds is 8. The average Bonchev–Trinajstić information content (AvgIpc) is 3.09. The van der Waals surface area contributed by atoms with Crippen LogP contribution in [0.1, 0.15) is 17.4 Å². The van der Waals surface area contributed by atoms with E-state index in [1.165, 1.54) is 4.88 Å².